The number of thiocarbonyl (C=S) groups is 1. The summed E-state index contributed by atoms with van der Waals surface area (Å²) in [6.07, 6.45) is 1.78. The summed E-state index contributed by atoms with van der Waals surface area (Å²) in [5.41, 5.74) is 2.12. The van der Waals surface area contributed by atoms with E-state index in [1.54, 1.807) is 6.20 Å². The van der Waals surface area contributed by atoms with E-state index in [4.69, 9.17) is 12.2 Å². The topological polar surface area (TPSA) is 12.9 Å². The molecule has 1 rings (SSSR count). The van der Waals surface area contributed by atoms with E-state index in [2.05, 4.69) is 4.98 Å². The van der Waals surface area contributed by atoms with Gasteiger partial charge in [0.15, 0.2) is 0 Å². The molecule has 1 aromatic heterocycles. The van der Waals surface area contributed by atoms with Gasteiger partial charge in [-0.05, 0) is 31.5 Å². The number of aromatic nitrogens is 1. The maximum absolute atomic E-state index is 4.99. The number of aryl methyl sites for hydroxylation is 1. The normalized spacial score (nSPS) is 9.40. The third kappa shape index (κ3) is 1.61. The predicted octanol–water partition coefficient (Wildman–Crippen LogP) is 2.13. The van der Waals surface area contributed by atoms with Gasteiger partial charge in [0.1, 0.15) is 0 Å². The molecule has 0 saturated carbocycles. The quantitative estimate of drug-likeness (QED) is 0.450. The van der Waals surface area contributed by atoms with Crippen molar-refractivity contribution >= 4 is 17.1 Å². The molecule has 0 spiro atoms. The lowest BCUT2D eigenvalue weighted by molar-refractivity contribution is 1.20. The van der Waals surface area contributed by atoms with Gasteiger partial charge in [-0.1, -0.05) is 12.2 Å². The van der Waals surface area contributed by atoms with Crippen LogP contribution in [-0.2, 0) is 0 Å². The van der Waals surface area contributed by atoms with E-state index in [0.717, 1.165) is 16.1 Å². The lowest BCUT2D eigenvalue weighted by atomic mass is 10.2. The van der Waals surface area contributed by atoms with Crippen LogP contribution in [0, 0.1) is 6.92 Å². The van der Waals surface area contributed by atoms with Crippen LogP contribution in [0.25, 0.3) is 0 Å². The van der Waals surface area contributed by atoms with Gasteiger partial charge in [0.25, 0.3) is 0 Å². The Hall–Kier alpha value is -0.760. The second kappa shape index (κ2) is 2.88. The molecular weight excluding hydrogens is 142 g/mol. The Kier molecular flexibility index (Phi) is 2.12. The summed E-state index contributed by atoms with van der Waals surface area (Å²) in [6.45, 7) is 3.88. The number of rotatable bonds is 1. The Morgan fingerprint density at radius 2 is 2.30 bits per heavy atom. The minimum atomic E-state index is 0.922. The van der Waals surface area contributed by atoms with E-state index in [1.807, 2.05) is 26.0 Å². The fourth-order valence-corrected chi connectivity index (χ4v) is 0.892. The summed E-state index contributed by atoms with van der Waals surface area (Å²) in [5.74, 6) is 0. The van der Waals surface area contributed by atoms with Crippen molar-refractivity contribution in [3.05, 3.63) is 29.6 Å². The molecular formula is C8H9NS. The molecule has 0 bridgehead atoms. The number of nitrogens with zero attached hydrogens (tertiary/aromatic N) is 1. The SMILES string of the molecule is CC(=S)c1ccnc(C)c1. The predicted molar refractivity (Wildman–Crippen MR) is 46.3 cm³/mol. The zero-order valence-electron chi connectivity index (χ0n) is 6.09. The highest BCUT2D eigenvalue weighted by molar-refractivity contribution is 7.80. The minimum absolute atomic E-state index is 0.922. The van der Waals surface area contributed by atoms with Crippen LogP contribution in [0.2, 0.25) is 0 Å². The second-order valence-electron chi connectivity index (χ2n) is 2.24. The Labute approximate surface area is 66.1 Å². The third-order valence-corrected chi connectivity index (χ3v) is 1.54. The average molecular weight is 151 g/mol. The summed E-state index contributed by atoms with van der Waals surface area (Å²) >= 11 is 4.99. The van der Waals surface area contributed by atoms with Crippen LogP contribution in [0.3, 0.4) is 0 Å². The zero-order valence-corrected chi connectivity index (χ0v) is 6.90. The largest absolute Gasteiger partial charge is 0.262 e. The third-order valence-electron chi connectivity index (χ3n) is 1.30. The van der Waals surface area contributed by atoms with E-state index in [0.29, 0.717) is 0 Å². The lowest BCUT2D eigenvalue weighted by Gasteiger charge is -1.96. The van der Waals surface area contributed by atoms with Crippen molar-refractivity contribution < 1.29 is 0 Å². The van der Waals surface area contributed by atoms with E-state index in [9.17, 15) is 0 Å². The molecule has 0 saturated heterocycles. The second-order valence-corrected chi connectivity index (χ2v) is 2.85. The van der Waals surface area contributed by atoms with Gasteiger partial charge in [-0.2, -0.15) is 0 Å². The average Bonchev–Trinajstić information content (AvgIpc) is 1.88. The fourth-order valence-electron chi connectivity index (χ4n) is 0.765. The lowest BCUT2D eigenvalue weighted by Crippen LogP contribution is -1.91. The van der Waals surface area contributed by atoms with E-state index in [-0.39, 0.29) is 0 Å². The highest BCUT2D eigenvalue weighted by Gasteiger charge is 1.93. The highest BCUT2D eigenvalue weighted by Crippen LogP contribution is 2.01. The van der Waals surface area contributed by atoms with Gasteiger partial charge in [0.05, 0.1) is 0 Å². The molecule has 0 amide bonds. The Bertz CT molecular complexity index is 255. The summed E-state index contributed by atoms with van der Waals surface area (Å²) in [7, 11) is 0. The van der Waals surface area contributed by atoms with Crippen molar-refractivity contribution in [2.24, 2.45) is 0 Å². The molecule has 0 atom stereocenters. The Balaban J connectivity index is 3.07. The zero-order chi connectivity index (χ0) is 7.56. The van der Waals surface area contributed by atoms with Gasteiger partial charge >= 0.3 is 0 Å². The van der Waals surface area contributed by atoms with E-state index in [1.165, 1.54) is 0 Å². The van der Waals surface area contributed by atoms with Crippen molar-refractivity contribution in [2.75, 3.05) is 0 Å². The molecule has 0 aromatic carbocycles. The van der Waals surface area contributed by atoms with Crippen molar-refractivity contribution in [1.82, 2.24) is 4.98 Å². The van der Waals surface area contributed by atoms with Gasteiger partial charge in [0.2, 0.25) is 0 Å². The van der Waals surface area contributed by atoms with Crippen LogP contribution < -0.4 is 0 Å². The fraction of sp³-hybridized carbons (Fsp3) is 0.250. The molecule has 0 radical (unpaired) electrons. The molecule has 1 heterocycles. The summed E-state index contributed by atoms with van der Waals surface area (Å²) in [5, 5.41) is 0. The molecule has 0 N–H and O–H groups in total. The molecule has 1 aromatic rings. The summed E-state index contributed by atoms with van der Waals surface area (Å²) in [4.78, 5) is 4.98. The van der Waals surface area contributed by atoms with Crippen LogP contribution in [-0.4, -0.2) is 9.85 Å². The molecule has 0 aliphatic heterocycles. The molecule has 1 nitrogen and oxygen atoms in total. The standard InChI is InChI=1S/C8H9NS/c1-6-5-8(7(2)10)3-4-9-6/h3-5H,1-2H3. The molecule has 0 unspecified atom stereocenters. The van der Waals surface area contributed by atoms with E-state index >= 15 is 0 Å². The van der Waals surface area contributed by atoms with E-state index < -0.39 is 0 Å². The molecule has 52 valence electrons. The highest BCUT2D eigenvalue weighted by atomic mass is 32.1. The Morgan fingerprint density at radius 1 is 1.60 bits per heavy atom. The van der Waals surface area contributed by atoms with Crippen LogP contribution in [0.1, 0.15) is 18.2 Å². The van der Waals surface area contributed by atoms with Gasteiger partial charge < -0.3 is 0 Å². The van der Waals surface area contributed by atoms with Crippen molar-refractivity contribution in [2.45, 2.75) is 13.8 Å². The first-order valence-corrected chi connectivity index (χ1v) is 3.54. The smallest absolute Gasteiger partial charge is 0.0379 e. The molecule has 2 heteroatoms. The minimum Gasteiger partial charge on any atom is -0.262 e. The summed E-state index contributed by atoms with van der Waals surface area (Å²) in [6, 6.07) is 3.91. The molecule has 0 aliphatic rings. The molecule has 0 fully saturated rings. The van der Waals surface area contributed by atoms with Crippen LogP contribution in [0.15, 0.2) is 18.3 Å². The van der Waals surface area contributed by atoms with Crippen LogP contribution in [0.4, 0.5) is 0 Å². The van der Waals surface area contributed by atoms with Crippen molar-refractivity contribution in [3.63, 3.8) is 0 Å². The van der Waals surface area contributed by atoms with Crippen molar-refractivity contribution in [1.29, 1.82) is 0 Å². The monoisotopic (exact) mass is 151 g/mol. The van der Waals surface area contributed by atoms with Gasteiger partial charge in [-0.3, -0.25) is 4.98 Å². The summed E-state index contributed by atoms with van der Waals surface area (Å²) < 4.78 is 0. The first-order valence-electron chi connectivity index (χ1n) is 3.14. The van der Waals surface area contributed by atoms with Gasteiger partial charge in [-0.15, -0.1) is 0 Å². The Morgan fingerprint density at radius 3 is 2.70 bits per heavy atom. The van der Waals surface area contributed by atoms with Crippen LogP contribution in [0.5, 0.6) is 0 Å². The van der Waals surface area contributed by atoms with Gasteiger partial charge in [0, 0.05) is 16.8 Å². The van der Waals surface area contributed by atoms with Crippen LogP contribution >= 0.6 is 12.2 Å². The molecule has 0 aliphatic carbocycles. The van der Waals surface area contributed by atoms with Gasteiger partial charge in [-0.25, -0.2) is 0 Å². The van der Waals surface area contributed by atoms with Crippen molar-refractivity contribution in [3.8, 4) is 0 Å². The first-order chi connectivity index (χ1) is 4.70. The maximum atomic E-state index is 4.99. The first kappa shape index (κ1) is 7.35. The molecule has 10 heavy (non-hydrogen) atoms. The number of pyridine rings is 1. The number of hydrogen-bond donors (Lipinski definition) is 0. The maximum Gasteiger partial charge on any atom is 0.0379 e. The number of hydrogen-bond acceptors (Lipinski definition) is 2.